The van der Waals surface area contributed by atoms with Gasteiger partial charge in [0.15, 0.2) is 11.5 Å². The summed E-state index contributed by atoms with van der Waals surface area (Å²) in [5.74, 6) is 1.21. The molecule has 1 aliphatic rings. The van der Waals surface area contributed by atoms with E-state index in [4.69, 9.17) is 14.5 Å². The van der Waals surface area contributed by atoms with E-state index in [-0.39, 0.29) is 18.4 Å². The van der Waals surface area contributed by atoms with E-state index < -0.39 is 0 Å². The van der Waals surface area contributed by atoms with E-state index in [0.29, 0.717) is 11.7 Å². The lowest BCUT2D eigenvalue weighted by atomic mass is 10.1. The second-order valence-electron chi connectivity index (χ2n) is 7.10. The molecular weight excluding hydrogens is 410 g/mol. The van der Waals surface area contributed by atoms with Crippen LogP contribution in [-0.4, -0.2) is 56.5 Å². The largest absolute Gasteiger partial charge is 0.334 e. The van der Waals surface area contributed by atoms with Gasteiger partial charge in [-0.25, -0.2) is 4.98 Å². The number of rotatable bonds is 3. The van der Waals surface area contributed by atoms with Gasteiger partial charge in [-0.15, -0.1) is 23.7 Å². The Hall–Kier alpha value is -2.33. The Balaban J connectivity index is 0.00000205. The molecule has 1 saturated heterocycles. The van der Waals surface area contributed by atoms with Crippen molar-refractivity contribution in [3.8, 4) is 22.0 Å². The maximum Gasteiger partial charge on any atom is 0.258 e. The van der Waals surface area contributed by atoms with Crippen molar-refractivity contribution < 1.29 is 4.52 Å². The zero-order chi connectivity index (χ0) is 19.3. The molecule has 152 valence electrons. The summed E-state index contributed by atoms with van der Waals surface area (Å²) in [5.41, 5.74) is 3.48. The van der Waals surface area contributed by atoms with Gasteiger partial charge in [0, 0.05) is 26.7 Å². The van der Waals surface area contributed by atoms with Crippen molar-refractivity contribution in [2.45, 2.75) is 13.0 Å². The molecule has 0 saturated carbocycles. The molecule has 0 amide bonds. The third-order valence-electron chi connectivity index (χ3n) is 5.22. The summed E-state index contributed by atoms with van der Waals surface area (Å²) < 4.78 is 7.53. The van der Waals surface area contributed by atoms with Gasteiger partial charge in [0.25, 0.3) is 5.89 Å². The number of halogens is 1. The van der Waals surface area contributed by atoms with Crippen molar-refractivity contribution in [3.63, 3.8) is 0 Å². The van der Waals surface area contributed by atoms with E-state index in [9.17, 15) is 0 Å². The number of hydrogen-bond donors (Lipinski definition) is 1. The van der Waals surface area contributed by atoms with Crippen LogP contribution in [0.15, 0.2) is 28.1 Å². The number of pyridine rings is 1. The summed E-state index contributed by atoms with van der Waals surface area (Å²) in [5, 5.41) is 15.2. The first-order valence-corrected chi connectivity index (χ1v) is 10.1. The number of fused-ring (bicyclic) bond motifs is 1. The number of nitrogens with one attached hydrogen (secondary N) is 1. The van der Waals surface area contributed by atoms with Crippen LogP contribution in [0, 0.1) is 6.92 Å². The molecule has 5 heterocycles. The van der Waals surface area contributed by atoms with Crippen molar-refractivity contribution in [1.29, 1.82) is 0 Å². The molecular formula is C19H22ClN7OS. The van der Waals surface area contributed by atoms with Crippen LogP contribution in [0.2, 0.25) is 0 Å². The quantitative estimate of drug-likeness (QED) is 0.533. The molecule has 4 aromatic rings. The number of piperazine rings is 1. The van der Waals surface area contributed by atoms with E-state index in [2.05, 4.69) is 33.6 Å². The van der Waals surface area contributed by atoms with Gasteiger partial charge < -0.3 is 9.84 Å². The Morgan fingerprint density at radius 1 is 1.28 bits per heavy atom. The van der Waals surface area contributed by atoms with Crippen molar-refractivity contribution >= 4 is 34.8 Å². The average molecular weight is 432 g/mol. The first kappa shape index (κ1) is 20.0. The molecule has 1 unspecified atom stereocenters. The molecule has 1 N–H and O–H groups in total. The van der Waals surface area contributed by atoms with Crippen LogP contribution in [0.1, 0.15) is 17.6 Å². The van der Waals surface area contributed by atoms with Crippen molar-refractivity contribution in [2.75, 3.05) is 26.7 Å². The zero-order valence-electron chi connectivity index (χ0n) is 16.4. The summed E-state index contributed by atoms with van der Waals surface area (Å²) in [6.45, 7) is 4.72. The number of aryl methyl sites for hydroxylation is 2. The molecule has 8 nitrogen and oxygen atoms in total. The van der Waals surface area contributed by atoms with Gasteiger partial charge in [-0.1, -0.05) is 11.2 Å². The highest BCUT2D eigenvalue weighted by Gasteiger charge is 2.27. The van der Waals surface area contributed by atoms with Gasteiger partial charge in [-0.2, -0.15) is 10.1 Å². The topological polar surface area (TPSA) is 84.9 Å². The van der Waals surface area contributed by atoms with Crippen molar-refractivity contribution in [1.82, 2.24) is 35.1 Å². The highest BCUT2D eigenvalue weighted by atomic mass is 35.5. The number of thiophene rings is 1. The van der Waals surface area contributed by atoms with Crippen LogP contribution >= 0.6 is 23.7 Å². The number of hydrogen-bond acceptors (Lipinski definition) is 8. The SMILES string of the molecule is Cc1nn(C)c2nc(-c3cccs3)cc(-c3nc(C4CNCCN4C)no3)c12.Cl. The molecule has 1 aliphatic heterocycles. The molecule has 0 spiro atoms. The number of nitrogens with zero attached hydrogens (tertiary/aromatic N) is 6. The number of aromatic nitrogens is 5. The maximum atomic E-state index is 5.72. The van der Waals surface area contributed by atoms with Gasteiger partial charge in [0.2, 0.25) is 0 Å². The first-order chi connectivity index (χ1) is 13.6. The van der Waals surface area contributed by atoms with Crippen molar-refractivity contribution in [2.24, 2.45) is 7.05 Å². The Kier molecular flexibility index (Phi) is 5.39. The van der Waals surface area contributed by atoms with Crippen LogP contribution < -0.4 is 5.32 Å². The summed E-state index contributed by atoms with van der Waals surface area (Å²) in [6, 6.07) is 6.23. The van der Waals surface area contributed by atoms with Gasteiger partial charge in [-0.3, -0.25) is 9.58 Å². The lowest BCUT2D eigenvalue weighted by Crippen LogP contribution is -2.44. The molecule has 4 aromatic heterocycles. The monoisotopic (exact) mass is 431 g/mol. The molecule has 5 rings (SSSR count). The summed E-state index contributed by atoms with van der Waals surface area (Å²) in [4.78, 5) is 12.9. The standard InChI is InChI=1S/C19H21N7OS.ClH/c1-11-16-12(19-22-17(24-27-19)14-10-20-6-7-25(14)2)9-13(15-5-4-8-28-15)21-18(16)26(3)23-11;/h4-5,8-9,14,20H,6-7,10H2,1-3H3;1H. The Bertz CT molecular complexity index is 1140. The fourth-order valence-corrected chi connectivity index (χ4v) is 4.42. The lowest BCUT2D eigenvalue weighted by molar-refractivity contribution is 0.190. The Morgan fingerprint density at radius 2 is 2.14 bits per heavy atom. The maximum absolute atomic E-state index is 5.72. The lowest BCUT2D eigenvalue weighted by Gasteiger charge is -2.30. The highest BCUT2D eigenvalue weighted by Crippen LogP contribution is 2.34. The van der Waals surface area contributed by atoms with Crippen LogP contribution in [0.5, 0.6) is 0 Å². The minimum absolute atomic E-state index is 0. The van der Waals surface area contributed by atoms with Gasteiger partial charge >= 0.3 is 0 Å². The van der Waals surface area contributed by atoms with Gasteiger partial charge in [-0.05, 0) is 31.5 Å². The predicted octanol–water partition coefficient (Wildman–Crippen LogP) is 3.05. The minimum atomic E-state index is 0. The van der Waals surface area contributed by atoms with Crippen molar-refractivity contribution in [3.05, 3.63) is 35.1 Å². The smallest absolute Gasteiger partial charge is 0.258 e. The fraction of sp³-hybridized carbons (Fsp3) is 0.368. The Labute approximate surface area is 178 Å². The Morgan fingerprint density at radius 3 is 2.90 bits per heavy atom. The molecule has 0 aliphatic carbocycles. The second-order valence-corrected chi connectivity index (χ2v) is 8.05. The molecule has 0 radical (unpaired) electrons. The molecule has 1 fully saturated rings. The first-order valence-electron chi connectivity index (χ1n) is 9.25. The van der Waals surface area contributed by atoms with E-state index in [1.54, 1.807) is 16.0 Å². The minimum Gasteiger partial charge on any atom is -0.334 e. The predicted molar refractivity (Wildman–Crippen MR) is 115 cm³/mol. The molecule has 1 atom stereocenters. The third kappa shape index (κ3) is 3.44. The summed E-state index contributed by atoms with van der Waals surface area (Å²) >= 11 is 1.66. The van der Waals surface area contributed by atoms with E-state index in [1.807, 2.05) is 31.5 Å². The average Bonchev–Trinajstić information content (AvgIpc) is 3.43. The molecule has 29 heavy (non-hydrogen) atoms. The van der Waals surface area contributed by atoms with Crippen LogP contribution in [0.25, 0.3) is 33.1 Å². The zero-order valence-corrected chi connectivity index (χ0v) is 18.0. The van der Waals surface area contributed by atoms with E-state index in [0.717, 1.165) is 52.5 Å². The highest BCUT2D eigenvalue weighted by molar-refractivity contribution is 7.13. The number of likely N-dealkylation sites (N-methyl/N-ethyl adjacent to an activating group) is 1. The second kappa shape index (κ2) is 7.83. The van der Waals surface area contributed by atoms with Gasteiger partial charge in [0.05, 0.1) is 33.3 Å². The van der Waals surface area contributed by atoms with Crippen LogP contribution in [0.3, 0.4) is 0 Å². The normalized spacial score (nSPS) is 17.6. The van der Waals surface area contributed by atoms with Crippen LogP contribution in [-0.2, 0) is 7.05 Å². The fourth-order valence-electron chi connectivity index (χ4n) is 3.74. The van der Waals surface area contributed by atoms with E-state index in [1.165, 1.54) is 0 Å². The molecule has 0 aromatic carbocycles. The molecule has 0 bridgehead atoms. The third-order valence-corrected chi connectivity index (χ3v) is 6.12. The summed E-state index contributed by atoms with van der Waals surface area (Å²) in [6.07, 6.45) is 0. The summed E-state index contributed by atoms with van der Waals surface area (Å²) in [7, 11) is 4.00. The molecule has 10 heteroatoms. The van der Waals surface area contributed by atoms with Gasteiger partial charge in [0.1, 0.15) is 0 Å². The van der Waals surface area contributed by atoms with E-state index >= 15 is 0 Å². The van der Waals surface area contributed by atoms with Crippen LogP contribution in [0.4, 0.5) is 0 Å².